The lowest BCUT2D eigenvalue weighted by atomic mass is 10.0. The summed E-state index contributed by atoms with van der Waals surface area (Å²) in [5.74, 6) is 1.37. The quantitative estimate of drug-likeness (QED) is 0.818. The van der Waals surface area contributed by atoms with E-state index in [1.165, 1.54) is 11.1 Å². The van der Waals surface area contributed by atoms with Crippen LogP contribution in [0.5, 0.6) is 5.75 Å². The van der Waals surface area contributed by atoms with Gasteiger partial charge in [-0.2, -0.15) is 0 Å². The Hall–Kier alpha value is -0.840. The maximum Gasteiger partial charge on any atom is 0.145 e. The first-order valence-electron chi connectivity index (χ1n) is 6.72. The Morgan fingerprint density at radius 1 is 1.30 bits per heavy atom. The molecule has 2 aromatic rings. The van der Waals surface area contributed by atoms with Gasteiger partial charge in [-0.25, -0.2) is 0 Å². The molecule has 0 aliphatic heterocycles. The molecule has 0 aliphatic rings. The van der Waals surface area contributed by atoms with Crippen LogP contribution in [0.15, 0.2) is 34.1 Å². The number of halogens is 1. The largest absolute Gasteiger partial charge is 0.483 e. The average molecular weight is 354 g/mol. The van der Waals surface area contributed by atoms with E-state index in [2.05, 4.69) is 66.3 Å². The van der Waals surface area contributed by atoms with E-state index in [1.807, 2.05) is 0 Å². The van der Waals surface area contributed by atoms with Crippen LogP contribution < -0.4 is 10.5 Å². The number of hydrogen-bond donors (Lipinski definition) is 1. The molecule has 2 nitrogen and oxygen atoms in total. The van der Waals surface area contributed by atoms with E-state index in [4.69, 9.17) is 10.5 Å². The van der Waals surface area contributed by atoms with Crippen molar-refractivity contribution in [1.29, 1.82) is 0 Å². The molecule has 0 aliphatic carbocycles. The summed E-state index contributed by atoms with van der Waals surface area (Å²) in [4.78, 5) is 1.15. The van der Waals surface area contributed by atoms with Gasteiger partial charge in [-0.1, -0.05) is 26.0 Å². The van der Waals surface area contributed by atoms with E-state index in [9.17, 15) is 0 Å². The Kier molecular flexibility index (Phi) is 5.24. The molecule has 2 rings (SSSR count). The monoisotopic (exact) mass is 353 g/mol. The van der Waals surface area contributed by atoms with Gasteiger partial charge in [-0.05, 0) is 52.0 Å². The summed E-state index contributed by atoms with van der Waals surface area (Å²) in [5, 5.41) is 2.06. The lowest BCUT2D eigenvalue weighted by Crippen LogP contribution is -2.18. The van der Waals surface area contributed by atoms with Crippen molar-refractivity contribution in [3.05, 3.63) is 50.1 Å². The summed E-state index contributed by atoms with van der Waals surface area (Å²) in [5.41, 5.74) is 8.32. The second kappa shape index (κ2) is 6.74. The Labute approximate surface area is 133 Å². The summed E-state index contributed by atoms with van der Waals surface area (Å²) < 4.78 is 7.28. The second-order valence-corrected chi connectivity index (χ2v) is 7.06. The van der Waals surface area contributed by atoms with Crippen molar-refractivity contribution in [3.63, 3.8) is 0 Å². The van der Waals surface area contributed by atoms with Crippen molar-refractivity contribution in [2.45, 2.75) is 32.8 Å². The zero-order chi connectivity index (χ0) is 14.7. The molecule has 1 aromatic heterocycles. The zero-order valence-electron chi connectivity index (χ0n) is 12.0. The van der Waals surface area contributed by atoms with Crippen LogP contribution in [0.3, 0.4) is 0 Å². The van der Waals surface area contributed by atoms with E-state index in [0.717, 1.165) is 15.1 Å². The minimum absolute atomic E-state index is 0.0920. The molecule has 0 saturated heterocycles. The molecule has 0 bridgehead atoms. The summed E-state index contributed by atoms with van der Waals surface area (Å²) in [6, 6.07) is 8.45. The number of benzene rings is 1. The van der Waals surface area contributed by atoms with Gasteiger partial charge >= 0.3 is 0 Å². The highest BCUT2D eigenvalue weighted by Crippen LogP contribution is 2.33. The molecule has 1 atom stereocenters. The number of thiophene rings is 1. The van der Waals surface area contributed by atoms with Crippen LogP contribution in [-0.4, -0.2) is 6.54 Å². The van der Waals surface area contributed by atoms with Gasteiger partial charge in [0.1, 0.15) is 11.9 Å². The minimum atomic E-state index is -0.0920. The Morgan fingerprint density at radius 3 is 2.60 bits per heavy atom. The van der Waals surface area contributed by atoms with Crippen LogP contribution in [0.1, 0.15) is 41.9 Å². The van der Waals surface area contributed by atoms with Gasteiger partial charge in [0.2, 0.25) is 0 Å². The van der Waals surface area contributed by atoms with Gasteiger partial charge in [-0.15, -0.1) is 11.3 Å². The van der Waals surface area contributed by atoms with Gasteiger partial charge in [0, 0.05) is 21.3 Å². The molecule has 0 fully saturated rings. The normalized spacial score (nSPS) is 12.7. The van der Waals surface area contributed by atoms with Gasteiger partial charge in [-0.3, -0.25) is 0 Å². The van der Waals surface area contributed by atoms with E-state index in [0.29, 0.717) is 12.5 Å². The highest BCUT2D eigenvalue weighted by atomic mass is 79.9. The number of hydrogen-bond acceptors (Lipinski definition) is 3. The molecule has 2 N–H and O–H groups in total. The first-order chi connectivity index (χ1) is 9.51. The third-order valence-corrected chi connectivity index (χ3v) is 4.97. The van der Waals surface area contributed by atoms with E-state index in [1.54, 1.807) is 11.3 Å². The van der Waals surface area contributed by atoms with Crippen molar-refractivity contribution >= 4 is 27.3 Å². The lowest BCUT2D eigenvalue weighted by molar-refractivity contribution is 0.215. The van der Waals surface area contributed by atoms with Gasteiger partial charge in [0.15, 0.2) is 0 Å². The molecule has 4 heteroatoms. The van der Waals surface area contributed by atoms with Crippen molar-refractivity contribution in [2.24, 2.45) is 5.73 Å². The van der Waals surface area contributed by atoms with Crippen molar-refractivity contribution < 1.29 is 4.74 Å². The predicted molar refractivity (Wildman–Crippen MR) is 89.7 cm³/mol. The van der Waals surface area contributed by atoms with Gasteiger partial charge < -0.3 is 10.5 Å². The van der Waals surface area contributed by atoms with Crippen LogP contribution in [0.2, 0.25) is 0 Å². The van der Waals surface area contributed by atoms with Crippen LogP contribution >= 0.6 is 27.3 Å². The summed E-state index contributed by atoms with van der Waals surface area (Å²) >= 11 is 5.15. The molecule has 1 aromatic carbocycles. The summed E-state index contributed by atoms with van der Waals surface area (Å²) in [6.45, 7) is 6.90. The topological polar surface area (TPSA) is 35.2 Å². The van der Waals surface area contributed by atoms with Crippen LogP contribution in [0, 0.1) is 6.92 Å². The fourth-order valence-electron chi connectivity index (χ4n) is 2.09. The fourth-order valence-corrected chi connectivity index (χ4v) is 3.58. The highest BCUT2D eigenvalue weighted by molar-refractivity contribution is 9.10. The standard InChI is InChI=1S/C16H20BrNOS/c1-10(2)13-5-4-11(3)6-14(13)19-15(8-18)16-7-12(17)9-20-16/h4-7,9-10,15H,8,18H2,1-3H3. The fraction of sp³-hybridized carbons (Fsp3) is 0.375. The highest BCUT2D eigenvalue weighted by Gasteiger charge is 2.17. The molecule has 0 amide bonds. The van der Waals surface area contributed by atoms with Crippen molar-refractivity contribution in [2.75, 3.05) is 6.54 Å². The zero-order valence-corrected chi connectivity index (χ0v) is 14.4. The maximum absolute atomic E-state index is 6.20. The van der Waals surface area contributed by atoms with Gasteiger partial charge in [0.05, 0.1) is 0 Å². The molecular weight excluding hydrogens is 334 g/mol. The number of nitrogens with two attached hydrogens (primary N) is 1. The smallest absolute Gasteiger partial charge is 0.145 e. The molecule has 0 saturated carbocycles. The van der Waals surface area contributed by atoms with Crippen LogP contribution in [0.4, 0.5) is 0 Å². The lowest BCUT2D eigenvalue weighted by Gasteiger charge is -2.20. The molecule has 0 spiro atoms. The van der Waals surface area contributed by atoms with Gasteiger partial charge in [0.25, 0.3) is 0 Å². The molecule has 20 heavy (non-hydrogen) atoms. The molecule has 108 valence electrons. The average Bonchev–Trinajstić information content (AvgIpc) is 2.82. The minimum Gasteiger partial charge on any atom is -0.483 e. The predicted octanol–water partition coefficient (Wildman–Crippen LogP) is 5.02. The Bertz CT molecular complexity index is 580. The summed E-state index contributed by atoms with van der Waals surface area (Å²) in [7, 11) is 0. The first-order valence-corrected chi connectivity index (χ1v) is 8.39. The first kappa shape index (κ1) is 15.5. The second-order valence-electron chi connectivity index (χ2n) is 5.21. The van der Waals surface area contributed by atoms with Crippen molar-refractivity contribution in [1.82, 2.24) is 0 Å². The third kappa shape index (κ3) is 3.62. The third-order valence-electron chi connectivity index (χ3n) is 3.18. The van der Waals surface area contributed by atoms with E-state index in [-0.39, 0.29) is 6.10 Å². The van der Waals surface area contributed by atoms with Crippen molar-refractivity contribution in [3.8, 4) is 5.75 Å². The number of rotatable bonds is 5. The summed E-state index contributed by atoms with van der Waals surface area (Å²) in [6.07, 6.45) is -0.0920. The number of ether oxygens (including phenoxy) is 1. The number of aryl methyl sites for hydroxylation is 1. The molecule has 1 heterocycles. The van der Waals surface area contributed by atoms with Crippen LogP contribution in [-0.2, 0) is 0 Å². The van der Waals surface area contributed by atoms with E-state index < -0.39 is 0 Å². The van der Waals surface area contributed by atoms with E-state index >= 15 is 0 Å². The molecular formula is C16H20BrNOS. The maximum atomic E-state index is 6.20. The Balaban J connectivity index is 2.29. The van der Waals surface area contributed by atoms with Crippen LogP contribution in [0.25, 0.3) is 0 Å². The molecule has 1 unspecified atom stereocenters. The Morgan fingerprint density at radius 2 is 2.05 bits per heavy atom. The SMILES string of the molecule is Cc1ccc(C(C)C)c(OC(CN)c2cc(Br)cs2)c1. The molecule has 0 radical (unpaired) electrons.